The van der Waals surface area contributed by atoms with Gasteiger partial charge in [-0.3, -0.25) is 4.79 Å². The van der Waals surface area contributed by atoms with Crippen LogP contribution in [0.15, 0.2) is 5.03 Å². The van der Waals surface area contributed by atoms with Gasteiger partial charge in [0.25, 0.3) is 0 Å². The van der Waals surface area contributed by atoms with Crippen LogP contribution in [0.1, 0.15) is 49.4 Å². The van der Waals surface area contributed by atoms with Gasteiger partial charge in [-0.25, -0.2) is 9.97 Å². The van der Waals surface area contributed by atoms with Crippen LogP contribution in [0.3, 0.4) is 0 Å². The number of hydrogen-bond donors (Lipinski definition) is 1. The molecule has 1 aliphatic rings. The highest BCUT2D eigenvalue weighted by Crippen LogP contribution is 2.39. The minimum absolute atomic E-state index is 0.0814. The molecule has 0 unspecified atom stereocenters. The molecule has 124 valence electrons. The van der Waals surface area contributed by atoms with Gasteiger partial charge in [-0.15, -0.1) is 11.3 Å². The Balaban J connectivity index is 1.85. The Morgan fingerprint density at radius 3 is 2.91 bits per heavy atom. The Morgan fingerprint density at radius 1 is 1.35 bits per heavy atom. The van der Waals surface area contributed by atoms with Gasteiger partial charge in [-0.05, 0) is 51.5 Å². The van der Waals surface area contributed by atoms with Crippen molar-refractivity contribution in [3.05, 3.63) is 16.3 Å². The van der Waals surface area contributed by atoms with Crippen molar-refractivity contribution in [1.29, 1.82) is 0 Å². The second-order valence-corrected chi connectivity index (χ2v) is 8.18. The van der Waals surface area contributed by atoms with Gasteiger partial charge in [0.2, 0.25) is 5.91 Å². The molecule has 2 aromatic rings. The van der Waals surface area contributed by atoms with E-state index in [-0.39, 0.29) is 11.9 Å². The van der Waals surface area contributed by atoms with Crippen LogP contribution in [-0.4, -0.2) is 27.7 Å². The summed E-state index contributed by atoms with van der Waals surface area (Å²) in [6.45, 7) is 6.04. The monoisotopic (exact) mass is 349 g/mol. The minimum Gasteiger partial charge on any atom is -0.353 e. The number of aromatic nitrogens is 2. The van der Waals surface area contributed by atoms with Crippen LogP contribution in [-0.2, 0) is 17.6 Å². The molecule has 1 atom stereocenters. The fourth-order valence-electron chi connectivity index (χ4n) is 2.88. The summed E-state index contributed by atoms with van der Waals surface area (Å²) < 4.78 is 0. The van der Waals surface area contributed by atoms with Gasteiger partial charge >= 0.3 is 0 Å². The molecule has 0 fully saturated rings. The number of rotatable bonds is 5. The zero-order chi connectivity index (χ0) is 16.4. The first-order valence-corrected chi connectivity index (χ1v) is 10.1. The van der Waals surface area contributed by atoms with Crippen molar-refractivity contribution in [3.8, 4) is 0 Å². The van der Waals surface area contributed by atoms with Crippen LogP contribution in [0.5, 0.6) is 0 Å². The van der Waals surface area contributed by atoms with E-state index in [0.717, 1.165) is 34.9 Å². The van der Waals surface area contributed by atoms with Crippen molar-refractivity contribution in [2.24, 2.45) is 0 Å². The fourth-order valence-corrected chi connectivity index (χ4v) is 5.17. The molecule has 0 aromatic carbocycles. The number of thioether (sulfide) groups is 1. The maximum Gasteiger partial charge on any atom is 0.230 e. The molecule has 0 aliphatic heterocycles. The third-order valence-electron chi connectivity index (χ3n) is 4.25. The number of amides is 1. The maximum atomic E-state index is 12.1. The lowest BCUT2D eigenvalue weighted by atomic mass is 9.97. The predicted octanol–water partition coefficient (Wildman–Crippen LogP) is 3.89. The van der Waals surface area contributed by atoms with E-state index < -0.39 is 0 Å². The normalized spacial score (nSPS) is 15.4. The molecular weight excluding hydrogens is 326 g/mol. The van der Waals surface area contributed by atoms with Crippen LogP contribution in [0.25, 0.3) is 10.2 Å². The molecule has 0 radical (unpaired) electrons. The molecule has 4 nitrogen and oxygen atoms in total. The third kappa shape index (κ3) is 3.69. The lowest BCUT2D eigenvalue weighted by Gasteiger charge is -2.13. The van der Waals surface area contributed by atoms with Crippen molar-refractivity contribution in [1.82, 2.24) is 15.3 Å². The average Bonchev–Trinajstić information content (AvgIpc) is 2.90. The van der Waals surface area contributed by atoms with Gasteiger partial charge in [0, 0.05) is 16.3 Å². The summed E-state index contributed by atoms with van der Waals surface area (Å²) in [6.07, 6.45) is 5.74. The van der Waals surface area contributed by atoms with Crippen LogP contribution in [0.2, 0.25) is 0 Å². The molecule has 1 amide bonds. The highest BCUT2D eigenvalue weighted by Gasteiger charge is 2.21. The fraction of sp³-hybridized carbons (Fsp3) is 0.588. The Morgan fingerprint density at radius 2 is 2.13 bits per heavy atom. The summed E-state index contributed by atoms with van der Waals surface area (Å²) in [6, 6.07) is 0.226. The number of fused-ring (bicyclic) bond motifs is 3. The molecule has 2 aromatic heterocycles. The van der Waals surface area contributed by atoms with Gasteiger partial charge in [0.05, 0.1) is 5.75 Å². The number of aryl methyl sites for hydroxylation is 3. The Labute approximate surface area is 145 Å². The van der Waals surface area contributed by atoms with Gasteiger partial charge < -0.3 is 5.32 Å². The molecule has 0 saturated heterocycles. The summed E-state index contributed by atoms with van der Waals surface area (Å²) in [7, 11) is 0. The second-order valence-electron chi connectivity index (χ2n) is 6.13. The molecule has 3 rings (SSSR count). The van der Waals surface area contributed by atoms with Crippen molar-refractivity contribution in [3.63, 3.8) is 0 Å². The summed E-state index contributed by atoms with van der Waals surface area (Å²) >= 11 is 3.36. The smallest absolute Gasteiger partial charge is 0.230 e. The Bertz CT molecular complexity index is 726. The van der Waals surface area contributed by atoms with E-state index in [0.29, 0.717) is 5.75 Å². The van der Waals surface area contributed by atoms with Crippen LogP contribution < -0.4 is 5.32 Å². The molecule has 0 spiro atoms. The first-order valence-electron chi connectivity index (χ1n) is 8.29. The predicted molar refractivity (Wildman–Crippen MR) is 97.4 cm³/mol. The molecule has 0 bridgehead atoms. The topological polar surface area (TPSA) is 54.9 Å². The molecule has 6 heteroatoms. The third-order valence-corrected chi connectivity index (χ3v) is 6.41. The Hall–Kier alpha value is -1.14. The number of carbonyl (C=O) groups is 1. The van der Waals surface area contributed by atoms with Crippen LogP contribution >= 0.6 is 23.1 Å². The van der Waals surface area contributed by atoms with Crippen molar-refractivity contribution in [2.45, 2.75) is 63.9 Å². The summed E-state index contributed by atoms with van der Waals surface area (Å²) in [5.41, 5.74) is 1.43. The highest BCUT2D eigenvalue weighted by atomic mass is 32.2. The van der Waals surface area contributed by atoms with Gasteiger partial charge in [0.1, 0.15) is 15.7 Å². The molecule has 23 heavy (non-hydrogen) atoms. The minimum atomic E-state index is 0.0814. The highest BCUT2D eigenvalue weighted by molar-refractivity contribution is 8.00. The number of nitrogens with zero attached hydrogens (tertiary/aromatic N) is 2. The first-order chi connectivity index (χ1) is 11.1. The zero-order valence-corrected chi connectivity index (χ0v) is 15.6. The maximum absolute atomic E-state index is 12.1. The molecular formula is C17H23N3OS2. The van der Waals surface area contributed by atoms with E-state index in [2.05, 4.69) is 22.2 Å². The number of carbonyl (C=O) groups excluding carboxylic acids is 1. The van der Waals surface area contributed by atoms with Gasteiger partial charge in [-0.2, -0.15) is 0 Å². The molecule has 0 saturated carbocycles. The van der Waals surface area contributed by atoms with E-state index in [1.54, 1.807) is 11.8 Å². The lowest BCUT2D eigenvalue weighted by Crippen LogP contribution is -2.33. The van der Waals surface area contributed by atoms with Crippen LogP contribution in [0.4, 0.5) is 0 Å². The first kappa shape index (κ1) is 16.7. The summed E-state index contributed by atoms with van der Waals surface area (Å²) in [5, 5.41) is 5.20. The van der Waals surface area contributed by atoms with Gasteiger partial charge in [0.15, 0.2) is 0 Å². The quantitative estimate of drug-likeness (QED) is 0.657. The van der Waals surface area contributed by atoms with Crippen molar-refractivity contribution >= 4 is 39.2 Å². The van der Waals surface area contributed by atoms with Crippen LogP contribution in [0, 0.1) is 6.92 Å². The average molecular weight is 350 g/mol. The van der Waals surface area contributed by atoms with Crippen molar-refractivity contribution < 1.29 is 4.79 Å². The standard InChI is InChI=1S/C17H23N3OS2/c1-4-10(2)18-14(21)9-22-16-15-12-7-5-6-8-13(12)23-17(15)20-11(3)19-16/h10H,4-9H2,1-3H3,(H,18,21)/t10-/m1/s1. The van der Waals surface area contributed by atoms with E-state index in [9.17, 15) is 4.79 Å². The van der Waals surface area contributed by atoms with E-state index in [4.69, 9.17) is 0 Å². The molecule has 1 N–H and O–H groups in total. The van der Waals surface area contributed by atoms with E-state index in [1.165, 1.54) is 28.7 Å². The Kier molecular flexibility index (Phi) is 5.21. The molecule has 1 aliphatic carbocycles. The largest absolute Gasteiger partial charge is 0.353 e. The molecule has 2 heterocycles. The van der Waals surface area contributed by atoms with Crippen molar-refractivity contribution in [2.75, 3.05) is 5.75 Å². The SMILES string of the molecule is CC[C@@H](C)NC(=O)CSc1nc(C)nc2sc3c(c12)CCCC3. The number of hydrogen-bond acceptors (Lipinski definition) is 5. The zero-order valence-electron chi connectivity index (χ0n) is 13.9. The van der Waals surface area contributed by atoms with Gasteiger partial charge in [-0.1, -0.05) is 18.7 Å². The summed E-state index contributed by atoms with van der Waals surface area (Å²) in [4.78, 5) is 23.9. The number of nitrogens with one attached hydrogen (secondary N) is 1. The lowest BCUT2D eigenvalue weighted by molar-refractivity contribution is -0.119. The number of thiophene rings is 1. The van der Waals surface area contributed by atoms with E-state index in [1.807, 2.05) is 25.2 Å². The second kappa shape index (κ2) is 7.18. The van der Waals surface area contributed by atoms with E-state index >= 15 is 0 Å². The summed E-state index contributed by atoms with van der Waals surface area (Å²) in [5.74, 6) is 1.29.